The van der Waals surface area contributed by atoms with Gasteiger partial charge in [0, 0.05) is 12.1 Å². The number of hydrogen-bond acceptors (Lipinski definition) is 4. The van der Waals surface area contributed by atoms with Crippen molar-refractivity contribution < 1.29 is 14.5 Å². The lowest BCUT2D eigenvalue weighted by Gasteiger charge is -2.08. The molecule has 2 aromatic carbocycles. The minimum atomic E-state index is -0.488. The highest BCUT2D eigenvalue weighted by Gasteiger charge is 2.11. The smallest absolute Gasteiger partial charge is 0.271 e. The number of carbonyl (C=O) groups is 1. The summed E-state index contributed by atoms with van der Waals surface area (Å²) in [6.45, 7) is 1.78. The summed E-state index contributed by atoms with van der Waals surface area (Å²) in [5, 5.41) is 13.5. The van der Waals surface area contributed by atoms with E-state index < -0.39 is 4.92 Å². The van der Waals surface area contributed by atoms with E-state index in [9.17, 15) is 14.9 Å². The van der Waals surface area contributed by atoms with E-state index in [-0.39, 0.29) is 18.0 Å². The SMILES string of the molecule is COc1ccc(CC(=O)Nc2cc([N+](=O)[O-])ccc2C)cc1. The molecule has 0 radical (unpaired) electrons. The summed E-state index contributed by atoms with van der Waals surface area (Å²) in [4.78, 5) is 22.4. The van der Waals surface area contributed by atoms with Crippen LogP contribution in [0.4, 0.5) is 11.4 Å². The molecule has 1 amide bonds. The Morgan fingerprint density at radius 2 is 1.91 bits per heavy atom. The molecular weight excluding hydrogens is 284 g/mol. The molecule has 0 atom stereocenters. The average Bonchev–Trinajstić information content (AvgIpc) is 2.50. The fraction of sp³-hybridized carbons (Fsp3) is 0.188. The minimum Gasteiger partial charge on any atom is -0.497 e. The molecule has 0 bridgehead atoms. The number of methoxy groups -OCH3 is 1. The van der Waals surface area contributed by atoms with E-state index in [1.54, 1.807) is 44.4 Å². The molecular formula is C16H16N2O4. The third-order valence-electron chi connectivity index (χ3n) is 3.23. The molecule has 22 heavy (non-hydrogen) atoms. The average molecular weight is 300 g/mol. The van der Waals surface area contributed by atoms with Gasteiger partial charge in [0.05, 0.1) is 24.1 Å². The summed E-state index contributed by atoms with van der Waals surface area (Å²) in [5.74, 6) is 0.493. The van der Waals surface area contributed by atoms with Crippen molar-refractivity contribution in [2.75, 3.05) is 12.4 Å². The van der Waals surface area contributed by atoms with Crippen molar-refractivity contribution in [3.63, 3.8) is 0 Å². The summed E-state index contributed by atoms with van der Waals surface area (Å²) in [6, 6.07) is 11.6. The van der Waals surface area contributed by atoms with Gasteiger partial charge in [-0.15, -0.1) is 0 Å². The standard InChI is InChI=1S/C16H16N2O4/c1-11-3-6-13(18(20)21)10-15(11)17-16(19)9-12-4-7-14(22-2)8-5-12/h3-8,10H,9H2,1-2H3,(H,17,19). The molecule has 114 valence electrons. The molecule has 0 heterocycles. The number of anilines is 1. The molecule has 1 N–H and O–H groups in total. The van der Waals surface area contributed by atoms with E-state index in [1.807, 2.05) is 0 Å². The highest BCUT2D eigenvalue weighted by Crippen LogP contribution is 2.22. The van der Waals surface area contributed by atoms with Gasteiger partial charge in [-0.3, -0.25) is 14.9 Å². The van der Waals surface area contributed by atoms with Gasteiger partial charge in [-0.2, -0.15) is 0 Å². The maximum atomic E-state index is 12.1. The number of aryl methyl sites for hydroxylation is 1. The van der Waals surface area contributed by atoms with E-state index in [4.69, 9.17) is 4.74 Å². The number of nitro groups is 1. The second kappa shape index (κ2) is 6.71. The highest BCUT2D eigenvalue weighted by molar-refractivity contribution is 5.93. The van der Waals surface area contributed by atoms with E-state index in [0.717, 1.165) is 16.9 Å². The fourth-order valence-corrected chi connectivity index (χ4v) is 1.98. The van der Waals surface area contributed by atoms with Crippen LogP contribution in [-0.4, -0.2) is 17.9 Å². The third kappa shape index (κ3) is 3.82. The first kappa shape index (κ1) is 15.5. The number of rotatable bonds is 5. The predicted molar refractivity (Wildman–Crippen MR) is 83.2 cm³/mol. The van der Waals surface area contributed by atoms with Crippen molar-refractivity contribution in [3.05, 3.63) is 63.7 Å². The molecule has 0 spiro atoms. The van der Waals surface area contributed by atoms with Gasteiger partial charge >= 0.3 is 0 Å². The molecule has 6 nitrogen and oxygen atoms in total. The van der Waals surface area contributed by atoms with Gasteiger partial charge < -0.3 is 10.1 Å². The Morgan fingerprint density at radius 1 is 1.23 bits per heavy atom. The van der Waals surface area contributed by atoms with Crippen molar-refractivity contribution in [2.24, 2.45) is 0 Å². The highest BCUT2D eigenvalue weighted by atomic mass is 16.6. The first-order valence-electron chi connectivity index (χ1n) is 6.67. The number of nitrogens with zero attached hydrogens (tertiary/aromatic N) is 1. The lowest BCUT2D eigenvalue weighted by Crippen LogP contribution is -2.15. The maximum absolute atomic E-state index is 12.1. The van der Waals surface area contributed by atoms with Crippen LogP contribution in [0.15, 0.2) is 42.5 Å². The topological polar surface area (TPSA) is 81.5 Å². The monoisotopic (exact) mass is 300 g/mol. The zero-order valence-corrected chi connectivity index (χ0v) is 12.3. The van der Waals surface area contributed by atoms with Crippen LogP contribution in [0.2, 0.25) is 0 Å². The van der Waals surface area contributed by atoms with Crippen molar-refractivity contribution >= 4 is 17.3 Å². The summed E-state index contributed by atoms with van der Waals surface area (Å²) in [5.41, 5.74) is 2.01. The Balaban J connectivity index is 2.08. The normalized spacial score (nSPS) is 10.1. The van der Waals surface area contributed by atoms with Crippen LogP contribution in [0.25, 0.3) is 0 Å². The van der Waals surface area contributed by atoms with Crippen molar-refractivity contribution in [2.45, 2.75) is 13.3 Å². The molecule has 6 heteroatoms. The molecule has 0 aliphatic heterocycles. The summed E-state index contributed by atoms with van der Waals surface area (Å²) in [7, 11) is 1.58. The molecule has 2 rings (SSSR count). The Labute approximate surface area is 127 Å². The predicted octanol–water partition coefficient (Wildman–Crippen LogP) is 3.09. The summed E-state index contributed by atoms with van der Waals surface area (Å²) < 4.78 is 5.06. The Kier molecular flexibility index (Phi) is 4.73. The Hall–Kier alpha value is -2.89. The van der Waals surface area contributed by atoms with Gasteiger partial charge in [-0.25, -0.2) is 0 Å². The van der Waals surface area contributed by atoms with Crippen LogP contribution in [0, 0.1) is 17.0 Å². The van der Waals surface area contributed by atoms with Gasteiger partial charge in [-0.05, 0) is 30.2 Å². The number of non-ortho nitro benzene ring substituents is 1. The van der Waals surface area contributed by atoms with E-state index in [0.29, 0.717) is 5.69 Å². The number of ether oxygens (including phenoxy) is 1. The molecule has 0 aliphatic rings. The van der Waals surface area contributed by atoms with Gasteiger partial charge in [-0.1, -0.05) is 18.2 Å². The van der Waals surface area contributed by atoms with Crippen LogP contribution < -0.4 is 10.1 Å². The number of nitro benzene ring substituents is 1. The van der Waals surface area contributed by atoms with E-state index in [2.05, 4.69) is 5.32 Å². The Morgan fingerprint density at radius 3 is 2.50 bits per heavy atom. The third-order valence-corrected chi connectivity index (χ3v) is 3.23. The molecule has 0 unspecified atom stereocenters. The van der Waals surface area contributed by atoms with E-state index in [1.165, 1.54) is 12.1 Å². The quantitative estimate of drug-likeness (QED) is 0.679. The van der Waals surface area contributed by atoms with Crippen LogP contribution >= 0.6 is 0 Å². The lowest BCUT2D eigenvalue weighted by molar-refractivity contribution is -0.384. The molecule has 0 fully saturated rings. The second-order valence-corrected chi connectivity index (χ2v) is 4.83. The first-order chi connectivity index (χ1) is 10.5. The van der Waals surface area contributed by atoms with Crippen LogP contribution in [0.3, 0.4) is 0 Å². The van der Waals surface area contributed by atoms with Gasteiger partial charge in [0.15, 0.2) is 0 Å². The summed E-state index contributed by atoms with van der Waals surface area (Å²) in [6.07, 6.45) is 0.187. The van der Waals surface area contributed by atoms with Gasteiger partial charge in [0.1, 0.15) is 5.75 Å². The number of nitrogens with one attached hydrogen (secondary N) is 1. The number of carbonyl (C=O) groups excluding carboxylic acids is 1. The number of hydrogen-bond donors (Lipinski definition) is 1. The van der Waals surface area contributed by atoms with Gasteiger partial charge in [0.2, 0.25) is 5.91 Å². The molecule has 0 aliphatic carbocycles. The van der Waals surface area contributed by atoms with Crippen molar-refractivity contribution in [3.8, 4) is 5.75 Å². The summed E-state index contributed by atoms with van der Waals surface area (Å²) >= 11 is 0. The Bertz CT molecular complexity index is 696. The van der Waals surface area contributed by atoms with Crippen molar-refractivity contribution in [1.82, 2.24) is 0 Å². The molecule has 0 saturated carbocycles. The van der Waals surface area contributed by atoms with Crippen LogP contribution in [0.1, 0.15) is 11.1 Å². The fourth-order valence-electron chi connectivity index (χ4n) is 1.98. The number of benzene rings is 2. The molecule has 0 aromatic heterocycles. The van der Waals surface area contributed by atoms with E-state index >= 15 is 0 Å². The number of amides is 1. The zero-order chi connectivity index (χ0) is 16.1. The molecule has 0 saturated heterocycles. The molecule has 2 aromatic rings. The zero-order valence-electron chi connectivity index (χ0n) is 12.3. The van der Waals surface area contributed by atoms with Crippen LogP contribution in [-0.2, 0) is 11.2 Å². The van der Waals surface area contributed by atoms with Crippen molar-refractivity contribution in [1.29, 1.82) is 0 Å². The second-order valence-electron chi connectivity index (χ2n) is 4.83. The first-order valence-corrected chi connectivity index (χ1v) is 6.67. The largest absolute Gasteiger partial charge is 0.497 e. The van der Waals surface area contributed by atoms with Crippen LogP contribution in [0.5, 0.6) is 5.75 Å². The van der Waals surface area contributed by atoms with Gasteiger partial charge in [0.25, 0.3) is 5.69 Å². The minimum absolute atomic E-state index is 0.0506. The maximum Gasteiger partial charge on any atom is 0.271 e. The lowest BCUT2D eigenvalue weighted by atomic mass is 10.1.